The maximum absolute atomic E-state index is 12.8. The lowest BCUT2D eigenvalue weighted by atomic mass is 10.1. The van der Waals surface area contributed by atoms with E-state index in [0.717, 1.165) is 58.2 Å². The summed E-state index contributed by atoms with van der Waals surface area (Å²) in [6.45, 7) is 8.67. The van der Waals surface area contributed by atoms with Gasteiger partial charge in [-0.25, -0.2) is 4.79 Å². The van der Waals surface area contributed by atoms with E-state index >= 15 is 0 Å². The Bertz CT molecular complexity index is 789. The van der Waals surface area contributed by atoms with Crippen molar-refractivity contribution in [2.45, 2.75) is 174 Å². The van der Waals surface area contributed by atoms with Crippen LogP contribution >= 0.6 is 0 Å². The highest BCUT2D eigenvalue weighted by atomic mass is 16.6. The molecule has 0 fully saturated rings. The standard InChI is InChI=1S/C44H82N2O3/c1-5-7-9-11-13-15-17-19-21-23-25-27-29-31-33-35-39-46(44(47)49-42-37-38-45(3)4)40-43-48-41-36-34-32-30-28-26-24-22-20-18-16-14-12-10-8-6-2/h13-16,19-22H,5-12,17-18,23-43H2,1-4H3. The molecule has 0 bridgehead atoms. The Morgan fingerprint density at radius 3 is 1.39 bits per heavy atom. The van der Waals surface area contributed by atoms with Gasteiger partial charge in [0.1, 0.15) is 0 Å². The summed E-state index contributed by atoms with van der Waals surface area (Å²) in [4.78, 5) is 16.8. The molecule has 0 aromatic carbocycles. The first-order valence-corrected chi connectivity index (χ1v) is 20.9. The molecule has 286 valence electrons. The van der Waals surface area contributed by atoms with E-state index in [-0.39, 0.29) is 6.09 Å². The number of amides is 1. The first-order valence-electron chi connectivity index (χ1n) is 20.9. The highest BCUT2D eigenvalue weighted by molar-refractivity contribution is 5.67. The summed E-state index contributed by atoms with van der Waals surface area (Å²) in [5.74, 6) is 0. The second-order valence-corrected chi connectivity index (χ2v) is 14.0. The average molecular weight is 687 g/mol. The number of hydrogen-bond donors (Lipinski definition) is 0. The topological polar surface area (TPSA) is 42.0 Å². The van der Waals surface area contributed by atoms with Crippen molar-refractivity contribution in [3.8, 4) is 0 Å². The van der Waals surface area contributed by atoms with Crippen LogP contribution in [0.2, 0.25) is 0 Å². The summed E-state index contributed by atoms with van der Waals surface area (Å²) in [5.41, 5.74) is 0. The Hall–Kier alpha value is -1.85. The molecule has 0 aliphatic rings. The van der Waals surface area contributed by atoms with Crippen molar-refractivity contribution < 1.29 is 14.3 Å². The Morgan fingerprint density at radius 1 is 0.449 bits per heavy atom. The number of allylic oxidation sites excluding steroid dienone is 8. The zero-order chi connectivity index (χ0) is 35.7. The summed E-state index contributed by atoms with van der Waals surface area (Å²) < 4.78 is 11.6. The Morgan fingerprint density at radius 2 is 0.898 bits per heavy atom. The molecule has 0 N–H and O–H groups in total. The average Bonchev–Trinajstić information content (AvgIpc) is 3.09. The van der Waals surface area contributed by atoms with Crippen molar-refractivity contribution in [3.05, 3.63) is 48.6 Å². The van der Waals surface area contributed by atoms with Crippen molar-refractivity contribution in [2.24, 2.45) is 0 Å². The quantitative estimate of drug-likeness (QED) is 0.0482. The molecule has 5 heteroatoms. The van der Waals surface area contributed by atoms with Gasteiger partial charge in [-0.1, -0.05) is 140 Å². The smallest absolute Gasteiger partial charge is 0.409 e. The number of unbranched alkanes of at least 4 members (excludes halogenated alkanes) is 18. The van der Waals surface area contributed by atoms with E-state index in [2.05, 4.69) is 67.4 Å². The van der Waals surface area contributed by atoms with Gasteiger partial charge in [0.05, 0.1) is 13.2 Å². The molecule has 1 amide bonds. The van der Waals surface area contributed by atoms with Gasteiger partial charge in [-0.3, -0.25) is 0 Å². The van der Waals surface area contributed by atoms with Gasteiger partial charge in [0.25, 0.3) is 0 Å². The lowest BCUT2D eigenvalue weighted by Crippen LogP contribution is -2.36. The Balaban J connectivity index is 3.97. The number of carbonyl (C=O) groups is 1. The third kappa shape index (κ3) is 38.8. The maximum atomic E-state index is 12.8. The molecule has 0 aromatic heterocycles. The summed E-state index contributed by atoms with van der Waals surface area (Å²) in [6.07, 6.45) is 49.0. The van der Waals surface area contributed by atoms with Crippen LogP contribution < -0.4 is 0 Å². The van der Waals surface area contributed by atoms with Crippen LogP contribution in [0.1, 0.15) is 174 Å². The maximum Gasteiger partial charge on any atom is 0.409 e. The molecule has 0 unspecified atom stereocenters. The van der Waals surface area contributed by atoms with Gasteiger partial charge < -0.3 is 19.3 Å². The van der Waals surface area contributed by atoms with Crippen molar-refractivity contribution in [3.63, 3.8) is 0 Å². The van der Waals surface area contributed by atoms with E-state index in [4.69, 9.17) is 9.47 Å². The summed E-state index contributed by atoms with van der Waals surface area (Å²) in [6, 6.07) is 0. The SMILES string of the molecule is CCCCCC=CCC=CCCCCCCCCOCCN(CCCCCCCCC=CCC=CCCCCC)C(=O)OCCCN(C)C. The lowest BCUT2D eigenvalue weighted by Gasteiger charge is -2.22. The van der Waals surface area contributed by atoms with Crippen molar-refractivity contribution in [1.82, 2.24) is 9.80 Å². The minimum atomic E-state index is -0.182. The van der Waals surface area contributed by atoms with Gasteiger partial charge in [-0.2, -0.15) is 0 Å². The van der Waals surface area contributed by atoms with Crippen molar-refractivity contribution in [2.75, 3.05) is 53.6 Å². The Labute approximate surface area is 306 Å². The van der Waals surface area contributed by atoms with Gasteiger partial charge in [0, 0.05) is 26.2 Å². The van der Waals surface area contributed by atoms with Crippen LogP contribution in [-0.4, -0.2) is 69.4 Å². The molecule has 0 aliphatic carbocycles. The highest BCUT2D eigenvalue weighted by Crippen LogP contribution is 2.11. The van der Waals surface area contributed by atoms with Gasteiger partial charge in [0.2, 0.25) is 0 Å². The zero-order valence-corrected chi connectivity index (χ0v) is 33.2. The summed E-state index contributed by atoms with van der Waals surface area (Å²) in [5, 5.41) is 0. The minimum absolute atomic E-state index is 0.182. The van der Waals surface area contributed by atoms with E-state index in [9.17, 15) is 4.79 Å². The fourth-order valence-corrected chi connectivity index (χ4v) is 5.69. The van der Waals surface area contributed by atoms with Crippen LogP contribution in [-0.2, 0) is 9.47 Å². The third-order valence-corrected chi connectivity index (χ3v) is 8.86. The molecule has 0 saturated carbocycles. The van der Waals surface area contributed by atoms with Crippen molar-refractivity contribution in [1.29, 1.82) is 0 Å². The predicted octanol–water partition coefficient (Wildman–Crippen LogP) is 13.0. The van der Waals surface area contributed by atoms with E-state index in [0.29, 0.717) is 19.8 Å². The largest absolute Gasteiger partial charge is 0.449 e. The zero-order valence-electron chi connectivity index (χ0n) is 33.2. The monoisotopic (exact) mass is 687 g/mol. The van der Waals surface area contributed by atoms with Gasteiger partial charge in [0.15, 0.2) is 0 Å². The van der Waals surface area contributed by atoms with Crippen LogP contribution in [0.15, 0.2) is 48.6 Å². The lowest BCUT2D eigenvalue weighted by molar-refractivity contribution is 0.0716. The van der Waals surface area contributed by atoms with E-state index < -0.39 is 0 Å². The molecule has 0 radical (unpaired) electrons. The number of rotatable bonds is 37. The molecular weight excluding hydrogens is 604 g/mol. The summed E-state index contributed by atoms with van der Waals surface area (Å²) >= 11 is 0. The van der Waals surface area contributed by atoms with Crippen LogP contribution in [0, 0.1) is 0 Å². The van der Waals surface area contributed by atoms with Crippen molar-refractivity contribution >= 4 is 6.09 Å². The molecule has 0 aromatic rings. The molecule has 0 saturated heterocycles. The highest BCUT2D eigenvalue weighted by Gasteiger charge is 2.14. The van der Waals surface area contributed by atoms with Gasteiger partial charge >= 0.3 is 6.09 Å². The summed E-state index contributed by atoms with van der Waals surface area (Å²) in [7, 11) is 4.10. The van der Waals surface area contributed by atoms with E-state index in [1.807, 2.05) is 19.0 Å². The number of hydrogen-bond acceptors (Lipinski definition) is 4. The normalized spacial score (nSPS) is 12.2. The van der Waals surface area contributed by atoms with Crippen LogP contribution in [0.5, 0.6) is 0 Å². The number of ether oxygens (including phenoxy) is 2. The van der Waals surface area contributed by atoms with Crippen LogP contribution in [0.25, 0.3) is 0 Å². The van der Waals surface area contributed by atoms with Crippen LogP contribution in [0.4, 0.5) is 4.79 Å². The first kappa shape index (κ1) is 47.1. The van der Waals surface area contributed by atoms with E-state index in [1.54, 1.807) is 0 Å². The molecule has 0 aliphatic heterocycles. The first-order chi connectivity index (χ1) is 24.1. The number of nitrogens with zero attached hydrogens (tertiary/aromatic N) is 2. The second kappa shape index (κ2) is 40.6. The molecule has 5 nitrogen and oxygen atoms in total. The molecule has 0 atom stereocenters. The van der Waals surface area contributed by atoms with E-state index in [1.165, 1.54) is 122 Å². The Kier molecular flexibility index (Phi) is 39.0. The van der Waals surface area contributed by atoms with Gasteiger partial charge in [-0.05, 0) is 97.6 Å². The molecule has 49 heavy (non-hydrogen) atoms. The third-order valence-electron chi connectivity index (χ3n) is 8.86. The predicted molar refractivity (Wildman–Crippen MR) is 216 cm³/mol. The fourth-order valence-electron chi connectivity index (χ4n) is 5.69. The van der Waals surface area contributed by atoms with Crippen LogP contribution in [0.3, 0.4) is 0 Å². The molecular formula is C44H82N2O3. The fraction of sp³-hybridized carbons (Fsp3) is 0.795. The molecule has 0 rings (SSSR count). The minimum Gasteiger partial charge on any atom is -0.449 e. The molecule has 0 spiro atoms. The number of carbonyl (C=O) groups excluding carboxylic acids is 1. The van der Waals surface area contributed by atoms with Gasteiger partial charge in [-0.15, -0.1) is 0 Å². The second-order valence-electron chi connectivity index (χ2n) is 14.0. The molecule has 0 heterocycles.